The number of hydrogen-bond acceptors (Lipinski definition) is 5. The Hall–Kier alpha value is -1.63. The van der Waals surface area contributed by atoms with Gasteiger partial charge in [0.05, 0.1) is 49.2 Å². The van der Waals surface area contributed by atoms with Crippen molar-refractivity contribution >= 4 is 6.09 Å². The predicted molar refractivity (Wildman–Crippen MR) is 94.4 cm³/mol. The third-order valence-corrected chi connectivity index (χ3v) is 3.60. The second-order valence-corrected chi connectivity index (χ2v) is 7.08. The summed E-state index contributed by atoms with van der Waals surface area (Å²) in [5.41, 5.74) is 0.368. The molecule has 1 aliphatic heterocycles. The molecule has 0 spiro atoms. The molecule has 1 fully saturated rings. The lowest BCUT2D eigenvalue weighted by Crippen LogP contribution is -2.43. The Morgan fingerprint density at radius 3 is 2.76 bits per heavy atom. The number of ether oxygens (including phenoxy) is 4. The summed E-state index contributed by atoms with van der Waals surface area (Å²) in [6.07, 6.45) is -1.73. The largest absolute Gasteiger partial charge is 0.444 e. The third-order valence-electron chi connectivity index (χ3n) is 3.60. The van der Waals surface area contributed by atoms with Gasteiger partial charge in [0, 0.05) is 7.04 Å². The van der Waals surface area contributed by atoms with Gasteiger partial charge in [-0.05, 0) is 26.3 Å². The van der Waals surface area contributed by atoms with E-state index in [9.17, 15) is 4.79 Å². The molecular formula is C19H29NO5. The minimum atomic E-state index is -2.57. The lowest BCUT2D eigenvalue weighted by molar-refractivity contribution is -0.0445. The fourth-order valence-electron chi connectivity index (χ4n) is 2.45. The van der Waals surface area contributed by atoms with E-state index in [0.717, 1.165) is 5.56 Å². The van der Waals surface area contributed by atoms with Crippen LogP contribution in [-0.2, 0) is 25.6 Å². The SMILES string of the molecule is [2H]C([2H])([2H])O[C@H]1CO[C@H](COCc2ccccc2)CN(C(=O)OC(C)(C)C)C1. The molecule has 0 bridgehead atoms. The van der Waals surface area contributed by atoms with E-state index in [2.05, 4.69) is 0 Å². The van der Waals surface area contributed by atoms with Gasteiger partial charge >= 0.3 is 6.09 Å². The molecule has 25 heavy (non-hydrogen) atoms. The van der Waals surface area contributed by atoms with Crippen molar-refractivity contribution in [1.82, 2.24) is 4.90 Å². The molecule has 0 N–H and O–H groups in total. The van der Waals surface area contributed by atoms with Crippen LogP contribution in [0.1, 0.15) is 30.4 Å². The molecule has 1 saturated heterocycles. The van der Waals surface area contributed by atoms with Crippen molar-refractivity contribution in [2.45, 2.75) is 45.2 Å². The van der Waals surface area contributed by atoms with Crippen LogP contribution in [0.3, 0.4) is 0 Å². The maximum atomic E-state index is 12.5. The lowest BCUT2D eigenvalue weighted by atomic mass is 10.2. The molecule has 0 saturated carbocycles. The molecule has 1 amide bonds. The van der Waals surface area contributed by atoms with E-state index in [0.29, 0.717) is 6.61 Å². The highest BCUT2D eigenvalue weighted by molar-refractivity contribution is 5.68. The van der Waals surface area contributed by atoms with Crippen LogP contribution in [-0.4, -0.2) is 62.1 Å². The van der Waals surface area contributed by atoms with E-state index < -0.39 is 30.9 Å². The molecular weight excluding hydrogens is 322 g/mol. The zero-order valence-corrected chi connectivity index (χ0v) is 15.1. The Morgan fingerprint density at radius 1 is 1.32 bits per heavy atom. The summed E-state index contributed by atoms with van der Waals surface area (Å²) in [5, 5.41) is 0. The molecule has 6 nitrogen and oxygen atoms in total. The van der Waals surface area contributed by atoms with Crippen LogP contribution in [0.4, 0.5) is 4.79 Å². The van der Waals surface area contributed by atoms with Gasteiger partial charge in [0.1, 0.15) is 5.60 Å². The molecule has 0 unspecified atom stereocenters. The minimum absolute atomic E-state index is 0.0526. The van der Waals surface area contributed by atoms with Crippen molar-refractivity contribution in [2.75, 3.05) is 33.3 Å². The zero-order valence-electron chi connectivity index (χ0n) is 18.1. The Balaban J connectivity index is 1.98. The van der Waals surface area contributed by atoms with Crippen molar-refractivity contribution in [2.24, 2.45) is 0 Å². The summed E-state index contributed by atoms with van der Waals surface area (Å²) in [5.74, 6) is 0. The van der Waals surface area contributed by atoms with E-state index in [1.165, 1.54) is 4.90 Å². The van der Waals surface area contributed by atoms with Gasteiger partial charge in [0.25, 0.3) is 0 Å². The van der Waals surface area contributed by atoms with Crippen molar-refractivity contribution in [1.29, 1.82) is 0 Å². The molecule has 0 radical (unpaired) electrons. The highest BCUT2D eigenvalue weighted by Gasteiger charge is 2.30. The Kier molecular flexibility index (Phi) is 5.73. The molecule has 1 aromatic rings. The summed E-state index contributed by atoms with van der Waals surface area (Å²) in [6, 6.07) is 9.72. The number of benzene rings is 1. The van der Waals surface area contributed by atoms with Gasteiger partial charge < -0.3 is 23.8 Å². The highest BCUT2D eigenvalue weighted by atomic mass is 16.6. The molecule has 0 aromatic heterocycles. The molecule has 6 heteroatoms. The molecule has 1 heterocycles. The normalized spacial score (nSPS) is 24.0. The van der Waals surface area contributed by atoms with Gasteiger partial charge in [-0.15, -0.1) is 0 Å². The van der Waals surface area contributed by atoms with E-state index in [1.807, 2.05) is 30.3 Å². The first kappa shape index (κ1) is 15.6. The number of hydrogen-bond donors (Lipinski definition) is 0. The van der Waals surface area contributed by atoms with Crippen molar-refractivity contribution in [3.05, 3.63) is 35.9 Å². The Labute approximate surface area is 154 Å². The first-order chi connectivity index (χ1) is 13.0. The van der Waals surface area contributed by atoms with Gasteiger partial charge in [-0.3, -0.25) is 0 Å². The molecule has 2 atom stereocenters. The summed E-state index contributed by atoms with van der Waals surface area (Å²) in [4.78, 5) is 14.0. The van der Waals surface area contributed by atoms with Crippen LogP contribution < -0.4 is 0 Å². The fourth-order valence-corrected chi connectivity index (χ4v) is 2.45. The lowest BCUT2D eigenvalue weighted by Gasteiger charge is -2.28. The molecule has 140 valence electrons. The maximum Gasteiger partial charge on any atom is 0.410 e. The topological polar surface area (TPSA) is 57.2 Å². The number of amides is 1. The molecule has 1 aromatic carbocycles. The maximum absolute atomic E-state index is 12.5. The third kappa shape index (κ3) is 7.02. The van der Waals surface area contributed by atoms with Gasteiger partial charge in [-0.25, -0.2) is 4.79 Å². The first-order valence-corrected chi connectivity index (χ1v) is 8.41. The van der Waals surface area contributed by atoms with Gasteiger partial charge in [0.2, 0.25) is 0 Å². The van der Waals surface area contributed by atoms with Crippen LogP contribution in [0.5, 0.6) is 0 Å². The average Bonchev–Trinajstić information content (AvgIpc) is 2.75. The van der Waals surface area contributed by atoms with E-state index in [4.69, 9.17) is 23.1 Å². The fraction of sp³-hybridized carbons (Fsp3) is 0.632. The first-order valence-electron chi connectivity index (χ1n) is 9.91. The summed E-state index contributed by atoms with van der Waals surface area (Å²) >= 11 is 0. The number of nitrogens with zero attached hydrogens (tertiary/aromatic N) is 1. The predicted octanol–water partition coefficient (Wildman–Crippen LogP) is 2.85. The van der Waals surface area contributed by atoms with Crippen LogP contribution in [0, 0.1) is 0 Å². The number of methoxy groups -OCH3 is 1. The molecule has 2 rings (SSSR count). The minimum Gasteiger partial charge on any atom is -0.444 e. The van der Waals surface area contributed by atoms with E-state index in [-0.39, 0.29) is 26.3 Å². The van der Waals surface area contributed by atoms with Crippen molar-refractivity contribution in [3.8, 4) is 0 Å². The summed E-state index contributed by atoms with van der Waals surface area (Å²) < 4.78 is 43.9. The zero-order chi connectivity index (χ0) is 20.8. The summed E-state index contributed by atoms with van der Waals surface area (Å²) in [6.45, 7) is 6.35. The second kappa shape index (κ2) is 9.17. The van der Waals surface area contributed by atoms with Crippen LogP contribution in [0.15, 0.2) is 30.3 Å². The van der Waals surface area contributed by atoms with Crippen molar-refractivity contribution in [3.63, 3.8) is 0 Å². The number of rotatable bonds is 5. The highest BCUT2D eigenvalue weighted by Crippen LogP contribution is 2.15. The smallest absolute Gasteiger partial charge is 0.410 e. The Bertz CT molecular complexity index is 618. The molecule has 1 aliphatic rings. The molecule has 0 aliphatic carbocycles. The van der Waals surface area contributed by atoms with Gasteiger partial charge in [-0.1, -0.05) is 30.3 Å². The van der Waals surface area contributed by atoms with E-state index >= 15 is 0 Å². The van der Waals surface area contributed by atoms with Gasteiger partial charge in [0.15, 0.2) is 0 Å². The number of carbonyl (C=O) groups excluding carboxylic acids is 1. The van der Waals surface area contributed by atoms with E-state index in [1.54, 1.807) is 20.8 Å². The summed E-state index contributed by atoms with van der Waals surface area (Å²) in [7, 11) is -2.57. The van der Waals surface area contributed by atoms with Crippen LogP contribution in [0.25, 0.3) is 0 Å². The Morgan fingerprint density at radius 2 is 2.08 bits per heavy atom. The second-order valence-electron chi connectivity index (χ2n) is 7.08. The average molecular weight is 354 g/mol. The van der Waals surface area contributed by atoms with Gasteiger partial charge in [-0.2, -0.15) is 0 Å². The van der Waals surface area contributed by atoms with Crippen molar-refractivity contribution < 1.29 is 27.9 Å². The van der Waals surface area contributed by atoms with Crippen LogP contribution >= 0.6 is 0 Å². The number of carbonyl (C=O) groups is 1. The standard InChI is InChI=1S/C19H29NO5/c1-19(2,3)25-18(21)20-10-16(22-4)14-24-17(11-20)13-23-12-15-8-6-5-7-9-15/h5-9,16-17H,10-14H2,1-4H3/t16-,17+/m1/s1/i4D3. The monoisotopic (exact) mass is 354 g/mol. The van der Waals surface area contributed by atoms with Crippen LogP contribution in [0.2, 0.25) is 0 Å². The quantitative estimate of drug-likeness (QED) is 0.814.